The fraction of sp³-hybridized carbons (Fsp3) is 0.600. The predicted molar refractivity (Wildman–Crippen MR) is 139 cm³/mol. The van der Waals surface area contributed by atoms with E-state index in [1.165, 1.54) is 0 Å². The van der Waals surface area contributed by atoms with Crippen LogP contribution >= 0.6 is 11.3 Å². The Hall–Kier alpha value is -2.44. The normalized spacial score (nSPS) is 24.8. The van der Waals surface area contributed by atoms with E-state index < -0.39 is 24.2 Å². The maximum atomic E-state index is 10.7. The molecule has 3 heterocycles. The van der Waals surface area contributed by atoms with Gasteiger partial charge in [-0.05, 0) is 46.1 Å². The summed E-state index contributed by atoms with van der Waals surface area (Å²) in [5.41, 5.74) is 3.47. The summed E-state index contributed by atoms with van der Waals surface area (Å²) in [5.74, 6) is 1.05. The second-order valence-electron chi connectivity index (χ2n) is 9.81. The molecule has 36 heavy (non-hydrogen) atoms. The van der Waals surface area contributed by atoms with Crippen LogP contribution in [0.5, 0.6) is 0 Å². The van der Waals surface area contributed by atoms with Gasteiger partial charge in [0.25, 0.3) is 0 Å². The van der Waals surface area contributed by atoms with Crippen molar-refractivity contribution in [2.75, 3.05) is 30.5 Å². The van der Waals surface area contributed by atoms with Crippen molar-refractivity contribution in [2.24, 2.45) is 5.92 Å². The van der Waals surface area contributed by atoms with Gasteiger partial charge in [-0.15, -0.1) is 11.3 Å². The van der Waals surface area contributed by atoms with Crippen molar-refractivity contribution < 1.29 is 20.1 Å². The molecule has 2 saturated carbocycles. The fourth-order valence-corrected chi connectivity index (χ4v) is 5.88. The molecule has 5 atom stereocenters. The van der Waals surface area contributed by atoms with Gasteiger partial charge in [-0.1, -0.05) is 0 Å². The first kappa shape index (κ1) is 25.2. The summed E-state index contributed by atoms with van der Waals surface area (Å²) in [5, 5.41) is 38.1. The summed E-state index contributed by atoms with van der Waals surface area (Å²) in [4.78, 5) is 19.1. The molecule has 10 nitrogen and oxygen atoms in total. The Morgan fingerprint density at radius 1 is 1.19 bits per heavy atom. The molecule has 0 saturated heterocycles. The molecule has 194 valence electrons. The summed E-state index contributed by atoms with van der Waals surface area (Å²) in [7, 11) is 0. The zero-order valence-electron chi connectivity index (χ0n) is 20.8. The number of anilines is 2. The third kappa shape index (κ3) is 5.03. The van der Waals surface area contributed by atoms with Crippen molar-refractivity contribution in [2.45, 2.75) is 70.2 Å². The zero-order chi connectivity index (χ0) is 25.4. The average molecular weight is 515 g/mol. The highest BCUT2D eigenvalue weighted by Gasteiger charge is 2.41. The van der Waals surface area contributed by atoms with Crippen LogP contribution in [0.25, 0.3) is 20.8 Å². The minimum Gasteiger partial charge on any atom is -0.396 e. The van der Waals surface area contributed by atoms with Crippen LogP contribution in [0.1, 0.15) is 50.4 Å². The Labute approximate surface area is 214 Å². The van der Waals surface area contributed by atoms with Crippen molar-refractivity contribution in [3.8, 4) is 10.6 Å². The molecule has 0 amide bonds. The quantitative estimate of drug-likeness (QED) is 0.274. The summed E-state index contributed by atoms with van der Waals surface area (Å²) >= 11 is 1.57. The topological polar surface area (TPSA) is 146 Å². The molecule has 0 aliphatic heterocycles. The maximum absolute atomic E-state index is 10.7. The molecule has 2 aliphatic carbocycles. The number of ether oxygens (including phenoxy) is 1. The average Bonchev–Trinajstić information content (AvgIpc) is 3.55. The molecule has 0 radical (unpaired) electrons. The van der Waals surface area contributed by atoms with Gasteiger partial charge in [0.05, 0.1) is 40.4 Å². The number of pyridine rings is 1. The van der Waals surface area contributed by atoms with Gasteiger partial charge in [0, 0.05) is 37.3 Å². The Morgan fingerprint density at radius 3 is 2.69 bits per heavy atom. The lowest BCUT2D eigenvalue weighted by molar-refractivity contribution is 0.00446. The molecule has 0 bridgehead atoms. The number of nitrogens with one attached hydrogen (secondary N) is 2. The molecule has 5 N–H and O–H groups in total. The van der Waals surface area contributed by atoms with Crippen molar-refractivity contribution in [1.82, 2.24) is 19.9 Å². The van der Waals surface area contributed by atoms with Crippen LogP contribution < -0.4 is 10.6 Å². The van der Waals surface area contributed by atoms with Gasteiger partial charge in [-0.2, -0.15) is 4.98 Å². The van der Waals surface area contributed by atoms with Gasteiger partial charge in [0.15, 0.2) is 0 Å². The number of hydrogen-bond donors (Lipinski definition) is 5. The van der Waals surface area contributed by atoms with Crippen molar-refractivity contribution >= 4 is 33.3 Å². The summed E-state index contributed by atoms with van der Waals surface area (Å²) in [6, 6.07) is 1.51. The van der Waals surface area contributed by atoms with Crippen LogP contribution in [0, 0.1) is 12.8 Å². The van der Waals surface area contributed by atoms with Crippen LogP contribution in [0.3, 0.4) is 0 Å². The fourth-order valence-electron chi connectivity index (χ4n) is 4.82. The first-order chi connectivity index (χ1) is 17.4. The van der Waals surface area contributed by atoms with Gasteiger partial charge in [0.2, 0.25) is 5.95 Å². The van der Waals surface area contributed by atoms with Crippen molar-refractivity contribution in [1.29, 1.82) is 0 Å². The minimum atomic E-state index is -1.03. The lowest BCUT2D eigenvalue weighted by Crippen LogP contribution is -2.36. The molecule has 11 heteroatoms. The number of aliphatic hydroxyl groups is 3. The third-order valence-corrected chi connectivity index (χ3v) is 7.95. The number of aromatic nitrogens is 4. The van der Waals surface area contributed by atoms with Crippen LogP contribution in [-0.2, 0) is 4.74 Å². The molecule has 2 fully saturated rings. The Bertz CT molecular complexity index is 1220. The van der Waals surface area contributed by atoms with E-state index in [1.54, 1.807) is 11.3 Å². The zero-order valence-corrected chi connectivity index (χ0v) is 21.6. The second kappa shape index (κ2) is 10.5. The first-order valence-electron chi connectivity index (χ1n) is 12.6. The predicted octanol–water partition coefficient (Wildman–Crippen LogP) is 2.69. The Kier molecular flexibility index (Phi) is 7.36. The number of fused-ring (bicyclic) bond motifs is 1. The maximum Gasteiger partial charge on any atom is 0.225 e. The van der Waals surface area contributed by atoms with E-state index in [0.29, 0.717) is 37.3 Å². The number of nitrogens with zero attached hydrogens (tertiary/aromatic N) is 4. The van der Waals surface area contributed by atoms with Gasteiger partial charge in [-0.25, -0.2) is 9.97 Å². The molecule has 2 aliphatic rings. The molecule has 0 spiro atoms. The van der Waals surface area contributed by atoms with Gasteiger partial charge < -0.3 is 30.7 Å². The SMILES string of the molecule is CCOC[C@@H](C)Nc1nc(C)c(-c2nc3c(C4CC4)nccc3s2)c(NC2C[C@H](CO)[C@@H](O)[C@H]2O)n1. The highest BCUT2D eigenvalue weighted by Crippen LogP contribution is 2.44. The van der Waals surface area contributed by atoms with Gasteiger partial charge >= 0.3 is 0 Å². The van der Waals surface area contributed by atoms with Crippen LogP contribution in [0.15, 0.2) is 12.3 Å². The largest absolute Gasteiger partial charge is 0.396 e. The summed E-state index contributed by atoms with van der Waals surface area (Å²) < 4.78 is 6.58. The molecule has 1 unspecified atom stereocenters. The number of rotatable bonds is 10. The number of hydrogen-bond acceptors (Lipinski definition) is 11. The van der Waals surface area contributed by atoms with Crippen LogP contribution in [0.4, 0.5) is 11.8 Å². The second-order valence-corrected chi connectivity index (χ2v) is 10.8. The number of thiazole rings is 1. The van der Waals surface area contributed by atoms with Gasteiger partial charge in [-0.3, -0.25) is 4.98 Å². The monoisotopic (exact) mass is 514 g/mol. The summed E-state index contributed by atoms with van der Waals surface area (Å²) in [6.45, 7) is 6.82. The Morgan fingerprint density at radius 2 is 2.00 bits per heavy atom. The molecular formula is C25H34N6O4S. The third-order valence-electron chi connectivity index (χ3n) is 6.91. The van der Waals surface area contributed by atoms with Gasteiger partial charge in [0.1, 0.15) is 22.4 Å². The first-order valence-corrected chi connectivity index (χ1v) is 13.4. The number of aliphatic hydroxyl groups excluding tert-OH is 3. The van der Waals surface area contributed by atoms with Crippen LogP contribution in [0.2, 0.25) is 0 Å². The highest BCUT2D eigenvalue weighted by atomic mass is 32.1. The lowest BCUT2D eigenvalue weighted by Gasteiger charge is -2.22. The van der Waals surface area contributed by atoms with E-state index in [1.807, 2.05) is 33.0 Å². The molecule has 3 aromatic rings. The Balaban J connectivity index is 1.53. The molecule has 5 rings (SSSR count). The van der Waals surface area contributed by atoms with E-state index >= 15 is 0 Å². The standard InChI is InChI=1S/C25H34N6O4S/c1-4-35-11-12(2)27-25-28-13(3)18(23(31-25)29-16-9-15(10-32)21(33)22(16)34)24-30-20-17(36-24)7-8-26-19(20)14-5-6-14/h7-8,12,14-16,21-22,32-34H,4-6,9-11H2,1-3H3,(H2,27,28,29,31)/t12-,15-,16?,21-,22+/m1/s1. The summed E-state index contributed by atoms with van der Waals surface area (Å²) in [6.07, 6.45) is 2.51. The van der Waals surface area contributed by atoms with E-state index in [9.17, 15) is 15.3 Å². The lowest BCUT2D eigenvalue weighted by atomic mass is 10.1. The highest BCUT2D eigenvalue weighted by molar-refractivity contribution is 7.21. The van der Waals surface area contributed by atoms with Crippen molar-refractivity contribution in [3.05, 3.63) is 23.7 Å². The smallest absolute Gasteiger partial charge is 0.225 e. The van der Waals surface area contributed by atoms with E-state index in [2.05, 4.69) is 15.6 Å². The molecule has 0 aromatic carbocycles. The van der Waals surface area contributed by atoms with E-state index in [0.717, 1.165) is 45.0 Å². The molecular weight excluding hydrogens is 480 g/mol. The molecule has 3 aromatic heterocycles. The van der Waals surface area contributed by atoms with Crippen LogP contribution in [-0.4, -0.2) is 79.4 Å². The van der Waals surface area contributed by atoms with Crippen molar-refractivity contribution in [3.63, 3.8) is 0 Å². The van der Waals surface area contributed by atoms with E-state index in [-0.39, 0.29) is 12.6 Å². The van der Waals surface area contributed by atoms with E-state index in [4.69, 9.17) is 19.7 Å². The minimum absolute atomic E-state index is 0.00432. The number of aryl methyl sites for hydroxylation is 1.